The summed E-state index contributed by atoms with van der Waals surface area (Å²) >= 11 is 0. The molecule has 0 unspecified atom stereocenters. The Morgan fingerprint density at radius 3 is 2.65 bits per heavy atom. The van der Waals surface area contributed by atoms with Crippen LogP contribution in [0.5, 0.6) is 5.75 Å². The van der Waals surface area contributed by atoms with Crippen molar-refractivity contribution in [3.8, 4) is 5.75 Å². The molecule has 0 radical (unpaired) electrons. The van der Waals surface area contributed by atoms with Gasteiger partial charge in [-0.05, 0) is 23.3 Å². The van der Waals surface area contributed by atoms with Gasteiger partial charge in [0.25, 0.3) is 0 Å². The minimum absolute atomic E-state index is 0.0719. The summed E-state index contributed by atoms with van der Waals surface area (Å²) in [5.74, 6) is -0.0719. The van der Waals surface area contributed by atoms with Crippen molar-refractivity contribution in [2.75, 3.05) is 6.54 Å². The van der Waals surface area contributed by atoms with Gasteiger partial charge in [0, 0.05) is 6.54 Å². The van der Waals surface area contributed by atoms with Gasteiger partial charge in [-0.3, -0.25) is 4.79 Å². The lowest BCUT2D eigenvalue weighted by Gasteiger charge is -2.05. The number of phenols is 1. The molecule has 0 aromatic heterocycles. The highest BCUT2D eigenvalue weighted by molar-refractivity contribution is 5.80. The third kappa shape index (κ3) is 5.32. The molecule has 5 nitrogen and oxygen atoms in total. The van der Waals surface area contributed by atoms with Gasteiger partial charge >= 0.3 is 6.09 Å². The fourth-order valence-electron chi connectivity index (χ4n) is 1.88. The second-order valence-corrected chi connectivity index (χ2v) is 4.78. The van der Waals surface area contributed by atoms with Crippen LogP contribution < -0.4 is 5.32 Å². The van der Waals surface area contributed by atoms with Gasteiger partial charge in [-0.1, -0.05) is 48.6 Å². The average Bonchev–Trinajstić information content (AvgIpc) is 2.58. The Labute approximate surface area is 134 Å². The van der Waals surface area contributed by atoms with Crippen LogP contribution >= 0.6 is 0 Å². The lowest BCUT2D eigenvalue weighted by atomic mass is 10.1. The third-order valence-electron chi connectivity index (χ3n) is 3.07. The summed E-state index contributed by atoms with van der Waals surface area (Å²) in [6.07, 6.45) is 3.54. The maximum Gasteiger partial charge on any atom is 0.407 e. The van der Waals surface area contributed by atoms with Crippen molar-refractivity contribution in [1.29, 1.82) is 0 Å². The minimum Gasteiger partial charge on any atom is -0.507 e. The number of phenolic OH excluding ortho intramolecular Hbond substituents is 1. The van der Waals surface area contributed by atoms with Crippen LogP contribution in [0.15, 0.2) is 54.6 Å². The van der Waals surface area contributed by atoms with Crippen molar-refractivity contribution in [3.63, 3.8) is 0 Å². The van der Waals surface area contributed by atoms with Gasteiger partial charge in [0.2, 0.25) is 0 Å². The molecule has 0 aliphatic heterocycles. The van der Waals surface area contributed by atoms with Crippen molar-refractivity contribution >= 4 is 18.5 Å². The number of aldehydes is 1. The number of benzene rings is 2. The van der Waals surface area contributed by atoms with Crippen LogP contribution in [0, 0.1) is 0 Å². The number of hydrogen-bond acceptors (Lipinski definition) is 4. The summed E-state index contributed by atoms with van der Waals surface area (Å²) in [5, 5.41) is 12.2. The largest absolute Gasteiger partial charge is 0.507 e. The number of alkyl carbamates (subject to hydrolysis) is 1. The van der Waals surface area contributed by atoms with Gasteiger partial charge in [-0.15, -0.1) is 0 Å². The molecule has 0 fully saturated rings. The zero-order valence-electron chi connectivity index (χ0n) is 12.4. The molecule has 2 rings (SSSR count). The zero-order valence-corrected chi connectivity index (χ0v) is 12.4. The van der Waals surface area contributed by atoms with E-state index in [-0.39, 0.29) is 17.9 Å². The fraction of sp³-hybridized carbons (Fsp3) is 0.111. The molecule has 118 valence electrons. The van der Waals surface area contributed by atoms with Crippen LogP contribution in [-0.2, 0) is 11.3 Å². The molecule has 0 atom stereocenters. The van der Waals surface area contributed by atoms with Crippen LogP contribution in [0.1, 0.15) is 21.5 Å². The maximum absolute atomic E-state index is 11.5. The summed E-state index contributed by atoms with van der Waals surface area (Å²) in [6, 6.07) is 14.1. The summed E-state index contributed by atoms with van der Waals surface area (Å²) < 4.78 is 5.07. The average molecular weight is 311 g/mol. The second-order valence-electron chi connectivity index (χ2n) is 4.78. The van der Waals surface area contributed by atoms with E-state index in [0.717, 1.165) is 11.1 Å². The predicted molar refractivity (Wildman–Crippen MR) is 87.2 cm³/mol. The van der Waals surface area contributed by atoms with Crippen molar-refractivity contribution in [2.45, 2.75) is 6.61 Å². The summed E-state index contributed by atoms with van der Waals surface area (Å²) in [6.45, 7) is 0.515. The molecule has 0 bridgehead atoms. The number of nitrogens with one attached hydrogen (secondary N) is 1. The molecule has 23 heavy (non-hydrogen) atoms. The number of carbonyl (C=O) groups excluding carboxylic acids is 2. The van der Waals surface area contributed by atoms with E-state index in [1.54, 1.807) is 18.2 Å². The van der Waals surface area contributed by atoms with Crippen molar-refractivity contribution in [3.05, 3.63) is 71.3 Å². The van der Waals surface area contributed by atoms with Crippen LogP contribution in [-0.4, -0.2) is 24.0 Å². The number of ether oxygens (including phenoxy) is 1. The Balaban J connectivity index is 1.74. The van der Waals surface area contributed by atoms with Crippen LogP contribution in [0.4, 0.5) is 4.79 Å². The minimum atomic E-state index is -0.502. The monoisotopic (exact) mass is 311 g/mol. The molecular formula is C18H17NO4. The zero-order chi connectivity index (χ0) is 16.5. The molecule has 0 aliphatic carbocycles. The second kappa shape index (κ2) is 8.38. The highest BCUT2D eigenvalue weighted by Crippen LogP contribution is 2.17. The topological polar surface area (TPSA) is 75.6 Å². The maximum atomic E-state index is 11.5. The Hall–Kier alpha value is -3.08. The van der Waals surface area contributed by atoms with E-state index < -0.39 is 6.09 Å². The first-order chi connectivity index (χ1) is 11.2. The molecule has 0 spiro atoms. The third-order valence-corrected chi connectivity index (χ3v) is 3.07. The first-order valence-electron chi connectivity index (χ1n) is 7.08. The van der Waals surface area contributed by atoms with E-state index in [4.69, 9.17) is 4.74 Å². The summed E-state index contributed by atoms with van der Waals surface area (Å²) in [4.78, 5) is 22.1. The first kappa shape index (κ1) is 16.3. The number of aromatic hydroxyl groups is 1. The van der Waals surface area contributed by atoms with E-state index in [1.807, 2.05) is 30.3 Å². The quantitative estimate of drug-likeness (QED) is 0.804. The molecule has 1 amide bonds. The predicted octanol–water partition coefficient (Wildman–Crippen LogP) is 3.14. The van der Waals surface area contributed by atoms with E-state index >= 15 is 0 Å². The molecule has 0 heterocycles. The Bertz CT molecular complexity index is 695. The number of hydrogen-bond donors (Lipinski definition) is 2. The van der Waals surface area contributed by atoms with E-state index in [9.17, 15) is 14.7 Å². The van der Waals surface area contributed by atoms with Gasteiger partial charge in [-0.25, -0.2) is 4.79 Å². The molecule has 0 saturated carbocycles. The number of rotatable bonds is 6. The number of carbonyl (C=O) groups is 2. The standard InChI is InChI=1S/C18H17NO4/c20-12-16-9-8-14(11-17(16)21)7-4-10-19-18(22)23-13-15-5-2-1-3-6-15/h1-9,11-12,21H,10,13H2,(H,19,22). The lowest BCUT2D eigenvalue weighted by Crippen LogP contribution is -2.24. The van der Waals surface area contributed by atoms with Crippen molar-refractivity contribution in [2.24, 2.45) is 0 Å². The Morgan fingerprint density at radius 2 is 1.96 bits per heavy atom. The molecule has 2 aromatic rings. The van der Waals surface area contributed by atoms with Crippen LogP contribution in [0.2, 0.25) is 0 Å². The lowest BCUT2D eigenvalue weighted by molar-refractivity contribution is 0.112. The fourth-order valence-corrected chi connectivity index (χ4v) is 1.88. The smallest absolute Gasteiger partial charge is 0.407 e. The van der Waals surface area contributed by atoms with Crippen LogP contribution in [0.25, 0.3) is 6.08 Å². The van der Waals surface area contributed by atoms with Gasteiger partial charge in [0.05, 0.1) is 5.56 Å². The van der Waals surface area contributed by atoms with Crippen molar-refractivity contribution < 1.29 is 19.4 Å². The van der Waals surface area contributed by atoms with E-state index in [2.05, 4.69) is 5.32 Å². The van der Waals surface area contributed by atoms with Crippen molar-refractivity contribution in [1.82, 2.24) is 5.32 Å². The van der Waals surface area contributed by atoms with Gasteiger partial charge in [0.15, 0.2) is 6.29 Å². The van der Waals surface area contributed by atoms with Crippen LogP contribution in [0.3, 0.4) is 0 Å². The van der Waals surface area contributed by atoms with E-state index in [1.165, 1.54) is 12.1 Å². The molecule has 0 aliphatic rings. The highest BCUT2D eigenvalue weighted by Gasteiger charge is 2.01. The normalized spacial score (nSPS) is 10.4. The molecular weight excluding hydrogens is 294 g/mol. The molecule has 2 N–H and O–H groups in total. The summed E-state index contributed by atoms with van der Waals surface area (Å²) in [5.41, 5.74) is 1.89. The van der Waals surface area contributed by atoms with Gasteiger partial charge < -0.3 is 15.2 Å². The SMILES string of the molecule is O=Cc1ccc(C=CCNC(=O)OCc2ccccc2)cc1O. The molecule has 2 aromatic carbocycles. The Morgan fingerprint density at radius 1 is 1.17 bits per heavy atom. The first-order valence-corrected chi connectivity index (χ1v) is 7.08. The molecule has 0 saturated heterocycles. The highest BCUT2D eigenvalue weighted by atomic mass is 16.5. The van der Waals surface area contributed by atoms with E-state index in [0.29, 0.717) is 12.8 Å². The number of amides is 1. The molecule has 5 heteroatoms. The Kier molecular flexibility index (Phi) is 5.94. The summed E-state index contributed by atoms with van der Waals surface area (Å²) in [7, 11) is 0. The van der Waals surface area contributed by atoms with Gasteiger partial charge in [-0.2, -0.15) is 0 Å². The van der Waals surface area contributed by atoms with Gasteiger partial charge in [0.1, 0.15) is 12.4 Å².